The van der Waals surface area contributed by atoms with Crippen molar-refractivity contribution < 1.29 is 13.9 Å². The lowest BCUT2D eigenvalue weighted by Crippen LogP contribution is -2.17. The molecule has 0 amide bonds. The van der Waals surface area contributed by atoms with Crippen molar-refractivity contribution in [1.82, 2.24) is 0 Å². The van der Waals surface area contributed by atoms with E-state index < -0.39 is 5.97 Å². The molecule has 0 aliphatic rings. The summed E-state index contributed by atoms with van der Waals surface area (Å²) in [5, 5.41) is 0. The number of esters is 1. The highest BCUT2D eigenvalue weighted by Gasteiger charge is 2.15. The molecule has 1 heterocycles. The Morgan fingerprint density at radius 1 is 1.62 bits per heavy atom. The molecule has 0 aliphatic carbocycles. The Morgan fingerprint density at radius 3 is 2.85 bits per heavy atom. The molecule has 1 aromatic rings. The van der Waals surface area contributed by atoms with Crippen LogP contribution in [0, 0.1) is 6.92 Å². The van der Waals surface area contributed by atoms with Crippen LogP contribution in [0.4, 0.5) is 0 Å². The van der Waals surface area contributed by atoms with E-state index in [1.807, 2.05) is 0 Å². The highest BCUT2D eigenvalue weighted by atomic mass is 16.5. The average Bonchev–Trinajstić information content (AvgIpc) is 2.04. The summed E-state index contributed by atoms with van der Waals surface area (Å²) in [5.74, 6) is -0.347. The van der Waals surface area contributed by atoms with Crippen LogP contribution in [0.5, 0.6) is 0 Å². The molecule has 0 aromatic carbocycles. The molecule has 0 bridgehead atoms. The number of carbonyl (C=O) groups is 1. The monoisotopic (exact) mass is 182 g/mol. The predicted octanol–water partition coefficient (Wildman–Crippen LogP) is 1.12. The Morgan fingerprint density at radius 2 is 2.31 bits per heavy atom. The van der Waals surface area contributed by atoms with Crippen molar-refractivity contribution >= 4 is 5.97 Å². The second-order valence-corrected chi connectivity index (χ2v) is 2.44. The van der Waals surface area contributed by atoms with Gasteiger partial charge in [-0.3, -0.25) is 4.79 Å². The van der Waals surface area contributed by atoms with Crippen LogP contribution in [0.15, 0.2) is 21.5 Å². The quantitative estimate of drug-likeness (QED) is 0.643. The van der Waals surface area contributed by atoms with Crippen LogP contribution >= 0.6 is 0 Å². The van der Waals surface area contributed by atoms with Gasteiger partial charge in [-0.1, -0.05) is 0 Å². The van der Waals surface area contributed by atoms with Crippen molar-refractivity contribution in [1.29, 1.82) is 0 Å². The van der Waals surface area contributed by atoms with Gasteiger partial charge in [-0.05, 0) is 13.8 Å². The summed E-state index contributed by atoms with van der Waals surface area (Å²) in [6, 6.07) is 1.19. The van der Waals surface area contributed by atoms with Gasteiger partial charge in [0.1, 0.15) is 11.3 Å². The molecule has 4 heteroatoms. The minimum atomic E-state index is -0.630. The van der Waals surface area contributed by atoms with Gasteiger partial charge < -0.3 is 9.15 Å². The van der Waals surface area contributed by atoms with E-state index >= 15 is 0 Å². The number of carbonyl (C=O) groups excluding carboxylic acids is 1. The van der Waals surface area contributed by atoms with Gasteiger partial charge in [0.15, 0.2) is 5.43 Å². The Bertz CT molecular complexity index is 364. The smallest absolute Gasteiger partial charge is 0.345 e. The number of hydrogen-bond acceptors (Lipinski definition) is 4. The van der Waals surface area contributed by atoms with Crippen molar-refractivity contribution in [2.24, 2.45) is 0 Å². The van der Waals surface area contributed by atoms with Gasteiger partial charge >= 0.3 is 5.97 Å². The highest BCUT2D eigenvalue weighted by Crippen LogP contribution is 2.03. The Hall–Kier alpha value is -1.58. The van der Waals surface area contributed by atoms with Crippen LogP contribution in [0.25, 0.3) is 0 Å². The molecular weight excluding hydrogens is 172 g/mol. The zero-order chi connectivity index (χ0) is 9.84. The van der Waals surface area contributed by atoms with Gasteiger partial charge in [0.2, 0.25) is 0 Å². The molecule has 1 aromatic heterocycles. The van der Waals surface area contributed by atoms with Crippen molar-refractivity contribution in [2.45, 2.75) is 13.8 Å². The third-order valence-electron chi connectivity index (χ3n) is 1.54. The van der Waals surface area contributed by atoms with E-state index in [0.717, 1.165) is 0 Å². The molecule has 0 N–H and O–H groups in total. The zero-order valence-corrected chi connectivity index (χ0v) is 7.49. The van der Waals surface area contributed by atoms with E-state index in [0.29, 0.717) is 0 Å². The van der Waals surface area contributed by atoms with E-state index in [1.54, 1.807) is 13.8 Å². The molecule has 13 heavy (non-hydrogen) atoms. The molecule has 0 saturated carbocycles. The van der Waals surface area contributed by atoms with Crippen molar-refractivity contribution in [3.8, 4) is 0 Å². The topological polar surface area (TPSA) is 56.5 Å². The first-order valence-corrected chi connectivity index (χ1v) is 3.92. The maximum Gasteiger partial charge on any atom is 0.345 e. The molecule has 0 radical (unpaired) electrons. The first-order chi connectivity index (χ1) is 6.16. The average molecular weight is 182 g/mol. The Balaban J connectivity index is 3.13. The molecule has 0 saturated heterocycles. The number of hydrogen-bond donors (Lipinski definition) is 0. The molecule has 0 spiro atoms. The van der Waals surface area contributed by atoms with Crippen molar-refractivity contribution in [2.75, 3.05) is 6.61 Å². The van der Waals surface area contributed by atoms with Gasteiger partial charge in [-0.25, -0.2) is 4.79 Å². The van der Waals surface area contributed by atoms with Gasteiger partial charge in [-0.2, -0.15) is 0 Å². The molecular formula is C9H10O4. The highest BCUT2D eigenvalue weighted by molar-refractivity contribution is 5.90. The standard InChI is InChI=1S/C9H10O4/c1-3-12-9(11)8-6(2)13-5-4-7(8)10/h4-5H,3H2,1-2H3. The number of rotatable bonds is 2. The van der Waals surface area contributed by atoms with E-state index in [1.165, 1.54) is 12.3 Å². The minimum Gasteiger partial charge on any atom is -0.468 e. The summed E-state index contributed by atoms with van der Waals surface area (Å²) in [4.78, 5) is 22.4. The van der Waals surface area contributed by atoms with Crippen LogP contribution in [-0.4, -0.2) is 12.6 Å². The van der Waals surface area contributed by atoms with Crippen molar-refractivity contribution in [3.63, 3.8) is 0 Å². The fourth-order valence-electron chi connectivity index (χ4n) is 0.961. The lowest BCUT2D eigenvalue weighted by Gasteiger charge is -2.01. The Kier molecular flexibility index (Phi) is 2.84. The second kappa shape index (κ2) is 3.89. The fraction of sp³-hybridized carbons (Fsp3) is 0.333. The number of aryl methyl sites for hydroxylation is 1. The van der Waals surface area contributed by atoms with Crippen LogP contribution < -0.4 is 5.43 Å². The van der Waals surface area contributed by atoms with Gasteiger partial charge in [0.05, 0.1) is 12.9 Å². The summed E-state index contributed by atoms with van der Waals surface area (Å²) < 4.78 is 9.60. The summed E-state index contributed by atoms with van der Waals surface area (Å²) in [7, 11) is 0. The number of ether oxygens (including phenoxy) is 1. The summed E-state index contributed by atoms with van der Waals surface area (Å²) in [5.41, 5.74) is -0.397. The normalized spacial score (nSPS) is 9.69. The van der Waals surface area contributed by atoms with E-state index in [9.17, 15) is 9.59 Å². The largest absolute Gasteiger partial charge is 0.468 e. The fourth-order valence-corrected chi connectivity index (χ4v) is 0.961. The van der Waals surface area contributed by atoms with Crippen LogP contribution in [-0.2, 0) is 4.74 Å². The van der Waals surface area contributed by atoms with Gasteiger partial charge in [-0.15, -0.1) is 0 Å². The molecule has 70 valence electrons. The predicted molar refractivity (Wildman–Crippen MR) is 45.7 cm³/mol. The molecule has 1 rings (SSSR count). The summed E-state index contributed by atoms with van der Waals surface area (Å²) in [6.45, 7) is 3.47. The lowest BCUT2D eigenvalue weighted by atomic mass is 10.2. The molecule has 0 aliphatic heterocycles. The van der Waals surface area contributed by atoms with Crippen LogP contribution in [0.2, 0.25) is 0 Å². The third-order valence-corrected chi connectivity index (χ3v) is 1.54. The maximum absolute atomic E-state index is 11.2. The maximum atomic E-state index is 11.2. The van der Waals surface area contributed by atoms with Crippen molar-refractivity contribution in [3.05, 3.63) is 33.9 Å². The van der Waals surface area contributed by atoms with E-state index in [4.69, 9.17) is 9.15 Å². The first kappa shape index (κ1) is 9.51. The van der Waals surface area contributed by atoms with Gasteiger partial charge in [0.25, 0.3) is 0 Å². The summed E-state index contributed by atoms with van der Waals surface area (Å²) in [6.07, 6.45) is 1.25. The van der Waals surface area contributed by atoms with E-state index in [2.05, 4.69) is 0 Å². The molecule has 0 atom stereocenters. The Labute approximate surface area is 75.1 Å². The van der Waals surface area contributed by atoms with Gasteiger partial charge in [0, 0.05) is 6.07 Å². The van der Waals surface area contributed by atoms with E-state index in [-0.39, 0.29) is 23.4 Å². The summed E-state index contributed by atoms with van der Waals surface area (Å²) >= 11 is 0. The molecule has 0 unspecified atom stereocenters. The molecule has 0 fully saturated rings. The third kappa shape index (κ3) is 1.96. The zero-order valence-electron chi connectivity index (χ0n) is 7.49. The second-order valence-electron chi connectivity index (χ2n) is 2.44. The first-order valence-electron chi connectivity index (χ1n) is 3.92. The lowest BCUT2D eigenvalue weighted by molar-refractivity contribution is 0.0520. The molecule has 4 nitrogen and oxygen atoms in total. The van der Waals surface area contributed by atoms with Crippen LogP contribution in [0.3, 0.4) is 0 Å². The minimum absolute atomic E-state index is 0.0237. The SMILES string of the molecule is CCOC(=O)c1c(C)occc1=O. The van der Waals surface area contributed by atoms with Crippen LogP contribution in [0.1, 0.15) is 23.0 Å².